The summed E-state index contributed by atoms with van der Waals surface area (Å²) in [7, 11) is 1.64. The van der Waals surface area contributed by atoms with E-state index in [9.17, 15) is 14.4 Å². The molecule has 1 fully saturated rings. The van der Waals surface area contributed by atoms with Crippen molar-refractivity contribution >= 4 is 29.2 Å². The summed E-state index contributed by atoms with van der Waals surface area (Å²) in [4.78, 5) is 43.6. The number of amides is 4. The largest absolute Gasteiger partial charge is 0.497 e. The van der Waals surface area contributed by atoms with E-state index in [0.29, 0.717) is 19.5 Å². The van der Waals surface area contributed by atoms with Gasteiger partial charge >= 0.3 is 6.03 Å². The Balaban J connectivity index is 1.42. The van der Waals surface area contributed by atoms with Crippen LogP contribution in [0.2, 0.25) is 0 Å². The Morgan fingerprint density at radius 2 is 2.21 bits per heavy atom. The van der Waals surface area contributed by atoms with Crippen molar-refractivity contribution in [3.8, 4) is 16.3 Å². The summed E-state index contributed by atoms with van der Waals surface area (Å²) in [6.45, 7) is 2.76. The summed E-state index contributed by atoms with van der Waals surface area (Å²) in [5, 5.41) is 5.73. The monoisotopic (exact) mass is 414 g/mol. The Bertz CT molecular complexity index is 989. The number of nitrogens with one attached hydrogen (secondary N) is 2. The molecular weight excluding hydrogens is 392 g/mol. The lowest BCUT2D eigenvalue weighted by Gasteiger charge is -2.27. The first-order chi connectivity index (χ1) is 13.9. The summed E-state index contributed by atoms with van der Waals surface area (Å²) in [6, 6.07) is 7.27. The Hall–Kier alpha value is -2.94. The van der Waals surface area contributed by atoms with Gasteiger partial charge in [0, 0.05) is 29.8 Å². The fourth-order valence-corrected chi connectivity index (χ4v) is 4.68. The number of nitrogens with zero attached hydrogens (tertiary/aromatic N) is 2. The number of rotatable bonds is 5. The van der Waals surface area contributed by atoms with Crippen LogP contribution in [-0.4, -0.2) is 46.9 Å². The fraction of sp³-hybridized carbons (Fsp3) is 0.400. The average Bonchev–Trinajstić information content (AvgIpc) is 3.25. The van der Waals surface area contributed by atoms with Gasteiger partial charge in [-0.25, -0.2) is 9.78 Å². The molecule has 0 bridgehead atoms. The summed E-state index contributed by atoms with van der Waals surface area (Å²) in [5.74, 6) is 0.368. The third-order valence-electron chi connectivity index (χ3n) is 5.36. The average molecular weight is 414 g/mol. The van der Waals surface area contributed by atoms with Gasteiger partial charge in [-0.1, -0.05) is 12.1 Å². The molecule has 8 nitrogen and oxygen atoms in total. The van der Waals surface area contributed by atoms with E-state index in [1.807, 2.05) is 24.3 Å². The van der Waals surface area contributed by atoms with Gasteiger partial charge < -0.3 is 15.0 Å². The van der Waals surface area contributed by atoms with E-state index in [1.165, 1.54) is 0 Å². The van der Waals surface area contributed by atoms with Crippen LogP contribution in [-0.2, 0) is 22.6 Å². The van der Waals surface area contributed by atoms with E-state index in [2.05, 4.69) is 10.6 Å². The highest BCUT2D eigenvalue weighted by Gasteiger charge is 2.42. The molecule has 3 heterocycles. The maximum atomic E-state index is 12.7. The second-order valence-electron chi connectivity index (χ2n) is 7.43. The number of thiazole rings is 1. The molecule has 9 heteroatoms. The Morgan fingerprint density at radius 1 is 1.38 bits per heavy atom. The van der Waals surface area contributed by atoms with E-state index in [-0.39, 0.29) is 24.7 Å². The highest BCUT2D eigenvalue weighted by molar-refractivity contribution is 7.15. The third kappa shape index (κ3) is 3.82. The standard InChI is InChI=1S/C20H22N4O4S/c1-20(18(26)22-19(27)23-20)8-6-16(25)24-9-7-14-15(11-24)29-17(21-14)12-4-3-5-13(10-12)28-2/h3-5,10H,6-9,11H2,1-2H3,(H2,22,23,26,27)/t20-/m1/s1. The molecule has 0 spiro atoms. The first-order valence-electron chi connectivity index (χ1n) is 9.42. The second-order valence-corrected chi connectivity index (χ2v) is 8.51. The van der Waals surface area contributed by atoms with E-state index < -0.39 is 11.6 Å². The van der Waals surface area contributed by atoms with Gasteiger partial charge in [0.15, 0.2) is 0 Å². The number of aromatic nitrogens is 1. The van der Waals surface area contributed by atoms with E-state index in [4.69, 9.17) is 9.72 Å². The van der Waals surface area contributed by atoms with Crippen LogP contribution in [0.1, 0.15) is 30.3 Å². The number of carbonyl (C=O) groups excluding carboxylic acids is 3. The number of carbonyl (C=O) groups is 3. The lowest BCUT2D eigenvalue weighted by molar-refractivity contribution is -0.132. The number of hydrogen-bond acceptors (Lipinski definition) is 6. The number of fused-ring (bicyclic) bond motifs is 1. The topological polar surface area (TPSA) is 101 Å². The minimum Gasteiger partial charge on any atom is -0.497 e. The normalized spacial score (nSPS) is 20.8. The first kappa shape index (κ1) is 19.4. The quantitative estimate of drug-likeness (QED) is 0.730. The summed E-state index contributed by atoms with van der Waals surface area (Å²) >= 11 is 1.59. The van der Waals surface area contributed by atoms with Crippen molar-refractivity contribution in [2.45, 2.75) is 38.3 Å². The molecule has 0 unspecified atom stereocenters. The van der Waals surface area contributed by atoms with E-state index in [1.54, 1.807) is 30.3 Å². The molecule has 0 radical (unpaired) electrons. The van der Waals surface area contributed by atoms with E-state index in [0.717, 1.165) is 26.9 Å². The molecule has 4 amide bonds. The van der Waals surface area contributed by atoms with Gasteiger partial charge in [-0.15, -0.1) is 11.3 Å². The number of ether oxygens (including phenoxy) is 1. The summed E-state index contributed by atoms with van der Waals surface area (Å²) in [6.07, 6.45) is 1.17. The molecule has 4 rings (SSSR count). The van der Waals surface area contributed by atoms with Crippen molar-refractivity contribution in [1.82, 2.24) is 20.5 Å². The smallest absolute Gasteiger partial charge is 0.322 e. The SMILES string of the molecule is COc1cccc(-c2nc3c(s2)CN(C(=O)CC[C@@]2(C)NC(=O)NC2=O)CC3)c1. The lowest BCUT2D eigenvalue weighted by atomic mass is 9.95. The van der Waals surface area contributed by atoms with Gasteiger partial charge in [-0.2, -0.15) is 0 Å². The zero-order valence-corrected chi connectivity index (χ0v) is 17.1. The lowest BCUT2D eigenvalue weighted by Crippen LogP contribution is -2.45. The molecule has 152 valence electrons. The Morgan fingerprint density at radius 3 is 2.93 bits per heavy atom. The van der Waals surface area contributed by atoms with Gasteiger partial charge in [0.05, 0.1) is 19.3 Å². The molecule has 0 saturated carbocycles. The van der Waals surface area contributed by atoms with Gasteiger partial charge in [-0.05, 0) is 25.5 Å². The first-order valence-corrected chi connectivity index (χ1v) is 10.2. The third-order valence-corrected chi connectivity index (χ3v) is 6.49. The Labute approximate surface area is 172 Å². The van der Waals surface area contributed by atoms with Gasteiger partial charge in [0.25, 0.3) is 5.91 Å². The maximum Gasteiger partial charge on any atom is 0.322 e. The van der Waals surface area contributed by atoms with Crippen molar-refractivity contribution in [3.63, 3.8) is 0 Å². The zero-order chi connectivity index (χ0) is 20.6. The molecule has 2 N–H and O–H groups in total. The van der Waals surface area contributed by atoms with Crippen LogP contribution in [0.15, 0.2) is 24.3 Å². The number of methoxy groups -OCH3 is 1. The van der Waals surface area contributed by atoms with Crippen molar-refractivity contribution in [2.24, 2.45) is 0 Å². The molecule has 29 heavy (non-hydrogen) atoms. The molecule has 1 aromatic heterocycles. The predicted molar refractivity (Wildman–Crippen MR) is 108 cm³/mol. The minimum atomic E-state index is -1.03. The molecule has 2 aliphatic heterocycles. The van der Waals surface area contributed by atoms with Crippen molar-refractivity contribution in [3.05, 3.63) is 34.8 Å². The molecule has 1 atom stereocenters. The molecule has 1 saturated heterocycles. The van der Waals surface area contributed by atoms with Crippen molar-refractivity contribution in [2.75, 3.05) is 13.7 Å². The summed E-state index contributed by atoms with van der Waals surface area (Å²) in [5.41, 5.74) is 1.00. The van der Waals surface area contributed by atoms with Crippen LogP contribution in [0.4, 0.5) is 4.79 Å². The second kappa shape index (κ2) is 7.47. The van der Waals surface area contributed by atoms with Gasteiger partial charge in [-0.3, -0.25) is 14.9 Å². The molecule has 1 aromatic carbocycles. The number of urea groups is 1. The zero-order valence-electron chi connectivity index (χ0n) is 16.3. The van der Waals surface area contributed by atoms with Crippen LogP contribution in [0.5, 0.6) is 5.75 Å². The van der Waals surface area contributed by atoms with Gasteiger partial charge in [0.1, 0.15) is 16.3 Å². The molecular formula is C20H22N4O4S. The number of hydrogen-bond donors (Lipinski definition) is 2. The summed E-state index contributed by atoms with van der Waals surface area (Å²) < 4.78 is 5.29. The van der Waals surface area contributed by atoms with Crippen LogP contribution in [0.3, 0.4) is 0 Å². The van der Waals surface area contributed by atoms with Crippen LogP contribution in [0, 0.1) is 0 Å². The predicted octanol–water partition coefficient (Wildman–Crippen LogP) is 2.08. The molecule has 2 aliphatic rings. The van der Waals surface area contributed by atoms with Gasteiger partial charge in [0.2, 0.25) is 5.91 Å². The highest BCUT2D eigenvalue weighted by Crippen LogP contribution is 2.33. The van der Waals surface area contributed by atoms with E-state index >= 15 is 0 Å². The minimum absolute atomic E-state index is 0.0258. The fourth-order valence-electron chi connectivity index (χ4n) is 3.56. The Kier molecular flexibility index (Phi) is 4.99. The number of imide groups is 1. The molecule has 2 aromatic rings. The maximum absolute atomic E-state index is 12.7. The van der Waals surface area contributed by atoms with Crippen LogP contribution in [0.25, 0.3) is 10.6 Å². The highest BCUT2D eigenvalue weighted by atomic mass is 32.1. The van der Waals surface area contributed by atoms with Crippen LogP contribution >= 0.6 is 11.3 Å². The number of benzene rings is 1. The van der Waals surface area contributed by atoms with Crippen molar-refractivity contribution < 1.29 is 19.1 Å². The van der Waals surface area contributed by atoms with Crippen molar-refractivity contribution in [1.29, 1.82) is 0 Å². The molecule has 0 aliphatic carbocycles. The van der Waals surface area contributed by atoms with Crippen LogP contribution < -0.4 is 15.4 Å².